The third kappa shape index (κ3) is 2.33. The molecule has 0 atom stereocenters. The largest absolute Gasteiger partial charge is 0.360 e. The Morgan fingerprint density at radius 1 is 0.583 bits per heavy atom. The lowest BCUT2D eigenvalue weighted by molar-refractivity contribution is 0.250. The molecule has 0 amide bonds. The van der Waals surface area contributed by atoms with Gasteiger partial charge in [-0.3, -0.25) is 0 Å². The van der Waals surface area contributed by atoms with Crippen molar-refractivity contribution in [3.8, 4) is 0 Å². The van der Waals surface area contributed by atoms with E-state index in [9.17, 15) is 0 Å². The smallest absolute Gasteiger partial charge is 0.116 e. The van der Waals surface area contributed by atoms with Gasteiger partial charge in [0.25, 0.3) is 0 Å². The molecule has 0 spiro atoms. The van der Waals surface area contributed by atoms with E-state index in [-0.39, 0.29) is 5.54 Å². The van der Waals surface area contributed by atoms with E-state index >= 15 is 0 Å². The Balaban J connectivity index is 2.05. The van der Waals surface area contributed by atoms with Crippen LogP contribution in [-0.4, -0.2) is 11.4 Å². The molecule has 0 fully saturated rings. The molecule has 118 valence electrons. The molecule has 1 aliphatic rings. The molecule has 1 heterocycles. The van der Waals surface area contributed by atoms with Crippen LogP contribution in [0.3, 0.4) is 0 Å². The summed E-state index contributed by atoms with van der Waals surface area (Å²) in [6.07, 6.45) is 5.62. The standard InChI is InChI=1S/C23H21N/c1-4-12-20(13-5-1)23(24-18-10-11-19-24,21-14-6-2-7-15-21)22-16-8-3-9-17-22/h1-10,12-18H,11,19H2. The van der Waals surface area contributed by atoms with E-state index < -0.39 is 0 Å². The molecule has 0 unspecified atom stereocenters. The van der Waals surface area contributed by atoms with Crippen LogP contribution in [0.5, 0.6) is 0 Å². The van der Waals surface area contributed by atoms with Crippen molar-refractivity contribution in [2.45, 2.75) is 12.0 Å². The second-order valence-corrected chi connectivity index (χ2v) is 6.18. The minimum absolute atomic E-state index is 0.295. The third-order valence-electron chi connectivity index (χ3n) is 4.83. The normalized spacial score (nSPS) is 14.1. The van der Waals surface area contributed by atoms with Crippen molar-refractivity contribution in [3.63, 3.8) is 0 Å². The summed E-state index contributed by atoms with van der Waals surface area (Å²) in [5.41, 5.74) is 3.61. The van der Waals surface area contributed by atoms with Gasteiger partial charge in [0.05, 0.1) is 0 Å². The highest BCUT2D eigenvalue weighted by Crippen LogP contribution is 2.43. The minimum Gasteiger partial charge on any atom is -0.360 e. The zero-order valence-corrected chi connectivity index (χ0v) is 13.7. The van der Waals surface area contributed by atoms with Crippen LogP contribution < -0.4 is 0 Å². The minimum atomic E-state index is -0.295. The molecular formula is C23H21N. The van der Waals surface area contributed by atoms with Crippen molar-refractivity contribution in [1.82, 2.24) is 4.90 Å². The van der Waals surface area contributed by atoms with E-state index in [4.69, 9.17) is 0 Å². The fourth-order valence-corrected chi connectivity index (χ4v) is 3.80. The van der Waals surface area contributed by atoms with Crippen molar-refractivity contribution >= 4 is 0 Å². The highest BCUT2D eigenvalue weighted by atomic mass is 15.2. The Kier molecular flexibility index (Phi) is 3.92. The van der Waals surface area contributed by atoms with E-state index in [2.05, 4.69) is 108 Å². The quantitative estimate of drug-likeness (QED) is 0.599. The van der Waals surface area contributed by atoms with Gasteiger partial charge in [-0.05, 0) is 29.3 Å². The molecule has 0 aromatic heterocycles. The molecule has 0 bridgehead atoms. The fourth-order valence-electron chi connectivity index (χ4n) is 3.80. The summed E-state index contributed by atoms with van der Waals surface area (Å²) in [7, 11) is 0. The molecule has 0 saturated carbocycles. The van der Waals surface area contributed by atoms with Crippen molar-refractivity contribution in [1.29, 1.82) is 0 Å². The highest BCUT2D eigenvalue weighted by molar-refractivity contribution is 5.50. The summed E-state index contributed by atoms with van der Waals surface area (Å²) >= 11 is 0. The van der Waals surface area contributed by atoms with Gasteiger partial charge in [0.15, 0.2) is 0 Å². The first-order chi connectivity index (χ1) is 11.9. The predicted octanol–water partition coefficient (Wildman–Crippen LogP) is 5.20. The van der Waals surface area contributed by atoms with Gasteiger partial charge in [-0.2, -0.15) is 0 Å². The van der Waals surface area contributed by atoms with Crippen LogP contribution in [0.1, 0.15) is 23.1 Å². The van der Waals surface area contributed by atoms with E-state index in [1.54, 1.807) is 0 Å². The second-order valence-electron chi connectivity index (χ2n) is 6.18. The Labute approximate surface area is 143 Å². The van der Waals surface area contributed by atoms with Crippen molar-refractivity contribution in [2.75, 3.05) is 6.54 Å². The predicted molar refractivity (Wildman–Crippen MR) is 99.7 cm³/mol. The maximum absolute atomic E-state index is 2.48. The maximum Gasteiger partial charge on any atom is 0.116 e. The zero-order chi connectivity index (χ0) is 16.2. The lowest BCUT2D eigenvalue weighted by Crippen LogP contribution is -2.44. The van der Waals surface area contributed by atoms with Crippen molar-refractivity contribution in [3.05, 3.63) is 120 Å². The van der Waals surface area contributed by atoms with Crippen molar-refractivity contribution in [2.24, 2.45) is 0 Å². The first-order valence-corrected chi connectivity index (χ1v) is 8.52. The van der Waals surface area contributed by atoms with Gasteiger partial charge in [-0.15, -0.1) is 0 Å². The van der Waals surface area contributed by atoms with Gasteiger partial charge < -0.3 is 4.90 Å². The van der Waals surface area contributed by atoms with Crippen LogP contribution in [0.25, 0.3) is 0 Å². The summed E-state index contributed by atoms with van der Waals surface area (Å²) in [5.74, 6) is 0. The number of benzene rings is 3. The molecule has 4 rings (SSSR count). The molecule has 1 aliphatic heterocycles. The number of nitrogens with zero attached hydrogens (tertiary/aromatic N) is 1. The van der Waals surface area contributed by atoms with Gasteiger partial charge >= 0.3 is 0 Å². The SMILES string of the molecule is C1=CN(C(c2ccccc2)(c2ccccc2)c2ccccc2)CC1. The number of rotatable bonds is 4. The van der Waals surface area contributed by atoms with E-state index in [1.165, 1.54) is 16.7 Å². The maximum atomic E-state index is 2.48. The molecule has 1 nitrogen and oxygen atoms in total. The number of hydrogen-bond donors (Lipinski definition) is 0. The molecule has 24 heavy (non-hydrogen) atoms. The molecular weight excluding hydrogens is 290 g/mol. The Morgan fingerprint density at radius 3 is 1.33 bits per heavy atom. The van der Waals surface area contributed by atoms with Crippen LogP contribution in [0.15, 0.2) is 103 Å². The Hall–Kier alpha value is -2.80. The van der Waals surface area contributed by atoms with Crippen LogP contribution in [-0.2, 0) is 5.54 Å². The summed E-state index contributed by atoms with van der Waals surface area (Å²) in [6, 6.07) is 32.5. The lowest BCUT2D eigenvalue weighted by Gasteiger charge is -2.44. The van der Waals surface area contributed by atoms with E-state index in [1.807, 2.05) is 0 Å². The number of hydrogen-bond acceptors (Lipinski definition) is 1. The fraction of sp³-hybridized carbons (Fsp3) is 0.130. The van der Waals surface area contributed by atoms with Crippen molar-refractivity contribution < 1.29 is 0 Å². The molecule has 3 aromatic rings. The first-order valence-electron chi connectivity index (χ1n) is 8.52. The Bertz CT molecular complexity index is 710. The molecule has 3 aromatic carbocycles. The van der Waals surface area contributed by atoms with Gasteiger partial charge in [-0.1, -0.05) is 97.1 Å². The molecule has 1 heteroatoms. The molecule has 0 N–H and O–H groups in total. The molecule has 0 saturated heterocycles. The van der Waals surface area contributed by atoms with Gasteiger partial charge in [0, 0.05) is 6.54 Å². The van der Waals surface area contributed by atoms with Gasteiger partial charge in [0.1, 0.15) is 5.54 Å². The topological polar surface area (TPSA) is 3.24 Å². The molecule has 0 aliphatic carbocycles. The lowest BCUT2D eigenvalue weighted by atomic mass is 9.76. The average molecular weight is 311 g/mol. The van der Waals surface area contributed by atoms with Gasteiger partial charge in [0.2, 0.25) is 0 Å². The first kappa shape index (κ1) is 14.8. The van der Waals surface area contributed by atoms with E-state index in [0.717, 1.165) is 13.0 Å². The third-order valence-corrected chi connectivity index (χ3v) is 4.83. The Morgan fingerprint density at radius 2 is 1.00 bits per heavy atom. The van der Waals surface area contributed by atoms with Gasteiger partial charge in [-0.25, -0.2) is 0 Å². The monoisotopic (exact) mass is 311 g/mol. The summed E-state index contributed by atoms with van der Waals surface area (Å²) in [6.45, 7) is 1.03. The zero-order valence-electron chi connectivity index (χ0n) is 13.7. The van der Waals surface area contributed by atoms with Crippen LogP contribution in [0.2, 0.25) is 0 Å². The van der Waals surface area contributed by atoms with Crippen LogP contribution in [0.4, 0.5) is 0 Å². The summed E-state index contributed by atoms with van der Waals surface area (Å²) < 4.78 is 0. The molecule has 0 radical (unpaired) electrons. The average Bonchev–Trinajstić information content (AvgIpc) is 3.20. The summed E-state index contributed by atoms with van der Waals surface area (Å²) in [5, 5.41) is 0. The summed E-state index contributed by atoms with van der Waals surface area (Å²) in [4.78, 5) is 2.48. The van der Waals surface area contributed by atoms with Crippen LogP contribution in [0, 0.1) is 0 Å². The van der Waals surface area contributed by atoms with E-state index in [0.29, 0.717) is 0 Å². The van der Waals surface area contributed by atoms with Crippen LogP contribution >= 0.6 is 0 Å². The second kappa shape index (κ2) is 6.37. The highest BCUT2D eigenvalue weighted by Gasteiger charge is 2.41.